The topological polar surface area (TPSA) is 49.3 Å². The van der Waals surface area contributed by atoms with E-state index in [0.29, 0.717) is 5.56 Å². The van der Waals surface area contributed by atoms with E-state index in [0.717, 1.165) is 6.07 Å². The van der Waals surface area contributed by atoms with Gasteiger partial charge in [-0.2, -0.15) is 0 Å². The summed E-state index contributed by atoms with van der Waals surface area (Å²) >= 11 is 5.66. The summed E-state index contributed by atoms with van der Waals surface area (Å²) in [5, 5.41) is 11.7. The number of rotatable bonds is 4. The second kappa shape index (κ2) is 6.10. The molecule has 0 saturated carbocycles. The first-order valence-corrected chi connectivity index (χ1v) is 6.46. The number of carboxylic acids is 1. The largest absolute Gasteiger partial charge is 0.479 e. The van der Waals surface area contributed by atoms with Crippen LogP contribution in [0.1, 0.15) is 17.2 Å². The van der Waals surface area contributed by atoms with Crippen molar-refractivity contribution in [2.45, 2.75) is 13.0 Å². The van der Waals surface area contributed by atoms with Crippen LogP contribution in [0.4, 0.5) is 14.5 Å². The Bertz CT molecular complexity index is 671. The summed E-state index contributed by atoms with van der Waals surface area (Å²) < 4.78 is 27.3. The first-order chi connectivity index (χ1) is 9.88. The molecule has 0 saturated heterocycles. The molecule has 0 aliphatic rings. The maximum absolute atomic E-state index is 14.0. The van der Waals surface area contributed by atoms with Gasteiger partial charge in [-0.15, -0.1) is 0 Å². The van der Waals surface area contributed by atoms with Gasteiger partial charge in [0.1, 0.15) is 11.6 Å². The number of halogens is 3. The van der Waals surface area contributed by atoms with Crippen molar-refractivity contribution in [2.24, 2.45) is 0 Å². The SMILES string of the molecule is Cc1cc(F)cc(NC(C(=O)O)c2cccc(Cl)c2F)c1. The number of carbonyl (C=O) groups is 1. The van der Waals surface area contributed by atoms with Crippen LogP contribution >= 0.6 is 11.6 Å². The lowest BCUT2D eigenvalue weighted by Crippen LogP contribution is -2.22. The minimum absolute atomic E-state index is 0.114. The average Bonchev–Trinajstić information content (AvgIpc) is 2.38. The molecule has 2 N–H and O–H groups in total. The first-order valence-electron chi connectivity index (χ1n) is 6.09. The van der Waals surface area contributed by atoms with Crippen molar-refractivity contribution < 1.29 is 18.7 Å². The molecule has 0 amide bonds. The van der Waals surface area contributed by atoms with Gasteiger partial charge in [-0.25, -0.2) is 13.6 Å². The molecule has 21 heavy (non-hydrogen) atoms. The highest BCUT2D eigenvalue weighted by Gasteiger charge is 2.24. The average molecular weight is 312 g/mol. The summed E-state index contributed by atoms with van der Waals surface area (Å²) in [5.74, 6) is -2.61. The molecule has 2 aromatic carbocycles. The standard InChI is InChI=1S/C15H12ClF2NO2/c1-8-5-9(17)7-10(6-8)19-14(15(20)21)11-3-2-4-12(16)13(11)18/h2-7,14,19H,1H3,(H,20,21). The number of hydrogen-bond acceptors (Lipinski definition) is 2. The van der Waals surface area contributed by atoms with Crippen LogP contribution in [0, 0.1) is 18.6 Å². The Hall–Kier alpha value is -2.14. The Balaban J connectivity index is 2.40. The first kappa shape index (κ1) is 15.3. The molecule has 1 atom stereocenters. The van der Waals surface area contributed by atoms with Crippen LogP contribution in [0.15, 0.2) is 36.4 Å². The number of aryl methyl sites for hydroxylation is 1. The summed E-state index contributed by atoms with van der Waals surface area (Å²) in [7, 11) is 0. The summed E-state index contributed by atoms with van der Waals surface area (Å²) in [5.41, 5.74) is 0.754. The Kier molecular flexibility index (Phi) is 4.43. The Labute approximate surface area is 125 Å². The highest BCUT2D eigenvalue weighted by molar-refractivity contribution is 6.30. The third-order valence-electron chi connectivity index (χ3n) is 2.89. The third kappa shape index (κ3) is 3.49. The second-order valence-electron chi connectivity index (χ2n) is 4.58. The van der Waals surface area contributed by atoms with Crippen LogP contribution in [-0.2, 0) is 4.79 Å². The van der Waals surface area contributed by atoms with Crippen molar-refractivity contribution in [2.75, 3.05) is 5.32 Å². The molecule has 0 aromatic heterocycles. The summed E-state index contributed by atoms with van der Waals surface area (Å²) in [4.78, 5) is 11.4. The van der Waals surface area contributed by atoms with Crippen LogP contribution in [0.25, 0.3) is 0 Å². The van der Waals surface area contributed by atoms with Crippen molar-refractivity contribution in [1.29, 1.82) is 0 Å². The smallest absolute Gasteiger partial charge is 0.330 e. The normalized spacial score (nSPS) is 12.0. The molecule has 1 unspecified atom stereocenters. The Morgan fingerprint density at radius 3 is 2.62 bits per heavy atom. The predicted octanol–water partition coefficient (Wildman–Crippen LogP) is 4.16. The quantitative estimate of drug-likeness (QED) is 0.891. The van der Waals surface area contributed by atoms with E-state index >= 15 is 0 Å². The van der Waals surface area contributed by atoms with E-state index in [9.17, 15) is 18.7 Å². The highest BCUT2D eigenvalue weighted by atomic mass is 35.5. The van der Waals surface area contributed by atoms with E-state index in [2.05, 4.69) is 5.32 Å². The predicted molar refractivity (Wildman–Crippen MR) is 76.5 cm³/mol. The lowest BCUT2D eigenvalue weighted by Gasteiger charge is -2.17. The van der Waals surface area contributed by atoms with Gasteiger partial charge in [-0.05, 0) is 36.8 Å². The van der Waals surface area contributed by atoms with E-state index in [1.54, 1.807) is 13.0 Å². The number of hydrogen-bond donors (Lipinski definition) is 2. The van der Waals surface area contributed by atoms with Crippen LogP contribution < -0.4 is 5.32 Å². The van der Waals surface area contributed by atoms with Crippen molar-refractivity contribution in [3.63, 3.8) is 0 Å². The van der Waals surface area contributed by atoms with E-state index in [4.69, 9.17) is 11.6 Å². The Morgan fingerprint density at radius 1 is 1.29 bits per heavy atom. The van der Waals surface area contributed by atoms with Gasteiger partial charge in [-0.3, -0.25) is 0 Å². The lowest BCUT2D eigenvalue weighted by atomic mass is 10.1. The van der Waals surface area contributed by atoms with E-state index in [-0.39, 0.29) is 16.3 Å². The van der Waals surface area contributed by atoms with Gasteiger partial charge in [0.2, 0.25) is 0 Å². The third-order valence-corrected chi connectivity index (χ3v) is 3.18. The summed E-state index contributed by atoms with van der Waals surface area (Å²) in [6.07, 6.45) is 0. The summed E-state index contributed by atoms with van der Waals surface area (Å²) in [6.45, 7) is 1.67. The van der Waals surface area contributed by atoms with Crippen LogP contribution in [0.2, 0.25) is 5.02 Å². The van der Waals surface area contributed by atoms with Gasteiger partial charge in [-0.1, -0.05) is 23.7 Å². The second-order valence-corrected chi connectivity index (χ2v) is 4.98. The molecule has 0 fully saturated rings. The molecule has 0 aliphatic heterocycles. The van der Waals surface area contributed by atoms with Crippen molar-refractivity contribution in [3.8, 4) is 0 Å². The zero-order valence-electron chi connectivity index (χ0n) is 11.0. The monoisotopic (exact) mass is 311 g/mol. The zero-order chi connectivity index (χ0) is 15.6. The lowest BCUT2D eigenvalue weighted by molar-refractivity contribution is -0.138. The summed E-state index contributed by atoms with van der Waals surface area (Å²) in [6, 6.07) is 6.75. The molecule has 6 heteroatoms. The molecule has 0 aliphatic carbocycles. The molecule has 0 heterocycles. The number of benzene rings is 2. The molecule has 2 rings (SSSR count). The van der Waals surface area contributed by atoms with Crippen molar-refractivity contribution in [3.05, 3.63) is 64.2 Å². The molecule has 0 spiro atoms. The maximum Gasteiger partial charge on any atom is 0.330 e. The van der Waals surface area contributed by atoms with Crippen LogP contribution in [-0.4, -0.2) is 11.1 Å². The fraction of sp³-hybridized carbons (Fsp3) is 0.133. The van der Waals surface area contributed by atoms with Gasteiger partial charge in [0, 0.05) is 11.3 Å². The molecule has 0 bridgehead atoms. The Morgan fingerprint density at radius 2 is 2.00 bits per heavy atom. The molecule has 0 radical (unpaired) electrons. The molecule has 3 nitrogen and oxygen atoms in total. The van der Waals surface area contributed by atoms with Gasteiger partial charge in [0.15, 0.2) is 6.04 Å². The fourth-order valence-electron chi connectivity index (χ4n) is 2.00. The van der Waals surface area contributed by atoms with Crippen molar-refractivity contribution >= 4 is 23.3 Å². The zero-order valence-corrected chi connectivity index (χ0v) is 11.8. The van der Waals surface area contributed by atoms with Gasteiger partial charge < -0.3 is 10.4 Å². The van der Waals surface area contributed by atoms with Crippen LogP contribution in [0.3, 0.4) is 0 Å². The van der Waals surface area contributed by atoms with Crippen molar-refractivity contribution in [1.82, 2.24) is 0 Å². The minimum Gasteiger partial charge on any atom is -0.479 e. The number of aliphatic carboxylic acids is 1. The number of carboxylic acid groups (broad SMARTS) is 1. The number of anilines is 1. The molecular weight excluding hydrogens is 300 g/mol. The highest BCUT2D eigenvalue weighted by Crippen LogP contribution is 2.27. The minimum atomic E-state index is -1.37. The van der Waals surface area contributed by atoms with Gasteiger partial charge >= 0.3 is 5.97 Å². The van der Waals surface area contributed by atoms with Crippen LogP contribution in [0.5, 0.6) is 0 Å². The van der Waals surface area contributed by atoms with E-state index in [1.807, 2.05) is 0 Å². The fourth-order valence-corrected chi connectivity index (χ4v) is 2.18. The number of nitrogens with one attached hydrogen (secondary N) is 1. The molecular formula is C15H12ClF2NO2. The molecule has 110 valence electrons. The van der Waals surface area contributed by atoms with E-state index < -0.39 is 23.6 Å². The van der Waals surface area contributed by atoms with Gasteiger partial charge in [0.05, 0.1) is 5.02 Å². The maximum atomic E-state index is 14.0. The molecule has 2 aromatic rings. The van der Waals surface area contributed by atoms with Gasteiger partial charge in [0.25, 0.3) is 0 Å². The van der Waals surface area contributed by atoms with E-state index in [1.165, 1.54) is 24.3 Å².